The smallest absolute Gasteiger partial charge is 0.342 e. The fraction of sp³-hybridized carbons (Fsp3) is 0.818. The maximum Gasteiger partial charge on any atom is 0.342 e. The van der Waals surface area contributed by atoms with Crippen molar-refractivity contribution in [3.05, 3.63) is 0 Å². The molecule has 98 valence electrons. The number of rotatable bonds is 6. The van der Waals surface area contributed by atoms with Crippen LogP contribution < -0.4 is 0 Å². The predicted molar refractivity (Wildman–Crippen MR) is 64.6 cm³/mol. The van der Waals surface area contributed by atoms with E-state index in [1.807, 2.05) is 0 Å². The molecule has 1 aliphatic heterocycles. The van der Waals surface area contributed by atoms with Crippen LogP contribution in [0, 0.1) is 0 Å². The zero-order valence-electron chi connectivity index (χ0n) is 10.5. The number of urea groups is 1. The lowest BCUT2D eigenvalue weighted by Gasteiger charge is -2.19. The molecule has 0 aromatic heterocycles. The highest BCUT2D eigenvalue weighted by atomic mass is 35.5. The Morgan fingerprint density at radius 1 is 1.24 bits per heavy atom. The summed E-state index contributed by atoms with van der Waals surface area (Å²) in [6.07, 6.45) is 2.63. The van der Waals surface area contributed by atoms with E-state index in [-0.39, 0.29) is 5.91 Å². The van der Waals surface area contributed by atoms with Gasteiger partial charge in [-0.2, -0.15) is 0 Å². The Bertz CT molecular complexity index is 307. The predicted octanol–water partition coefficient (Wildman–Crippen LogP) is 2.00. The summed E-state index contributed by atoms with van der Waals surface area (Å²) in [5.41, 5.74) is -0.939. The van der Waals surface area contributed by atoms with Gasteiger partial charge in [-0.1, -0.05) is 0 Å². The maximum absolute atomic E-state index is 11.9. The minimum absolute atomic E-state index is 0.232. The third-order valence-corrected chi connectivity index (χ3v) is 3.46. The largest absolute Gasteiger partial charge is 0.385 e. The van der Waals surface area contributed by atoms with Crippen LogP contribution in [0.1, 0.15) is 33.1 Å². The second-order valence-corrected chi connectivity index (χ2v) is 4.97. The molecule has 1 saturated heterocycles. The van der Waals surface area contributed by atoms with Crippen molar-refractivity contribution in [3.63, 3.8) is 0 Å². The molecular weight excluding hydrogens is 244 g/mol. The van der Waals surface area contributed by atoms with E-state index in [1.165, 1.54) is 4.90 Å². The zero-order valence-corrected chi connectivity index (χ0v) is 11.3. The molecule has 0 unspecified atom stereocenters. The zero-order chi connectivity index (χ0) is 13.1. The monoisotopic (exact) mass is 262 g/mol. The van der Waals surface area contributed by atoms with Gasteiger partial charge in [0.25, 0.3) is 5.91 Å². The Hall–Kier alpha value is -0.810. The second-order valence-electron chi connectivity index (χ2n) is 4.63. The van der Waals surface area contributed by atoms with Crippen LogP contribution in [0.4, 0.5) is 4.79 Å². The van der Waals surface area contributed by atoms with Gasteiger partial charge in [0.2, 0.25) is 0 Å². The van der Waals surface area contributed by atoms with E-state index in [1.54, 1.807) is 21.0 Å². The molecule has 6 heteroatoms. The molecule has 1 heterocycles. The number of amides is 3. The Labute approximate surface area is 107 Å². The van der Waals surface area contributed by atoms with E-state index in [2.05, 4.69) is 0 Å². The highest BCUT2D eigenvalue weighted by Gasteiger charge is 2.50. The Morgan fingerprint density at radius 2 is 1.88 bits per heavy atom. The molecule has 5 nitrogen and oxygen atoms in total. The molecule has 1 fully saturated rings. The highest BCUT2D eigenvalue weighted by Crippen LogP contribution is 2.29. The SMILES string of the molecule is COCCCCCN1C(=O)N(Cl)C(C)(C)C1=O. The van der Waals surface area contributed by atoms with Gasteiger partial charge in [-0.05, 0) is 33.1 Å². The number of carbonyl (C=O) groups excluding carboxylic acids is 2. The number of unbranched alkanes of at least 4 members (excludes halogenated alkanes) is 2. The first-order valence-electron chi connectivity index (χ1n) is 5.73. The maximum atomic E-state index is 11.9. The number of ether oxygens (including phenoxy) is 1. The van der Waals surface area contributed by atoms with Gasteiger partial charge in [-0.3, -0.25) is 9.69 Å². The molecule has 0 radical (unpaired) electrons. The van der Waals surface area contributed by atoms with Gasteiger partial charge >= 0.3 is 6.03 Å². The first-order valence-corrected chi connectivity index (χ1v) is 6.07. The Balaban J connectivity index is 2.44. The van der Waals surface area contributed by atoms with Crippen molar-refractivity contribution < 1.29 is 14.3 Å². The molecule has 0 saturated carbocycles. The topological polar surface area (TPSA) is 49.9 Å². The van der Waals surface area contributed by atoms with Crippen LogP contribution in [0.25, 0.3) is 0 Å². The molecule has 0 aliphatic carbocycles. The molecule has 0 aromatic carbocycles. The van der Waals surface area contributed by atoms with Crippen LogP contribution in [0.2, 0.25) is 0 Å². The van der Waals surface area contributed by atoms with Crippen molar-refractivity contribution in [1.29, 1.82) is 0 Å². The summed E-state index contributed by atoms with van der Waals surface area (Å²) < 4.78 is 5.91. The van der Waals surface area contributed by atoms with Gasteiger partial charge in [0.05, 0.1) is 0 Å². The Kier molecular flexibility index (Phi) is 4.77. The van der Waals surface area contributed by atoms with Crippen molar-refractivity contribution in [1.82, 2.24) is 9.32 Å². The lowest BCUT2D eigenvalue weighted by molar-refractivity contribution is -0.131. The average Bonchev–Trinajstić information content (AvgIpc) is 2.43. The fourth-order valence-corrected chi connectivity index (χ4v) is 1.90. The van der Waals surface area contributed by atoms with Crippen LogP contribution in [0.3, 0.4) is 0 Å². The molecule has 0 spiro atoms. The number of hydrogen-bond donors (Lipinski definition) is 0. The van der Waals surface area contributed by atoms with Crippen LogP contribution in [0.5, 0.6) is 0 Å². The standard InChI is InChI=1S/C11H19ClN2O3/c1-11(2)9(15)13(10(16)14(11)12)7-5-4-6-8-17-3/h4-8H2,1-3H3. The van der Waals surface area contributed by atoms with Gasteiger partial charge in [-0.25, -0.2) is 9.21 Å². The summed E-state index contributed by atoms with van der Waals surface area (Å²) in [7, 11) is 1.65. The van der Waals surface area contributed by atoms with Gasteiger partial charge in [0.1, 0.15) is 5.54 Å². The van der Waals surface area contributed by atoms with Crippen LogP contribution in [-0.2, 0) is 9.53 Å². The van der Waals surface area contributed by atoms with Crippen molar-refractivity contribution in [3.8, 4) is 0 Å². The van der Waals surface area contributed by atoms with E-state index in [0.717, 1.165) is 23.7 Å². The number of imide groups is 1. The van der Waals surface area contributed by atoms with Crippen molar-refractivity contribution >= 4 is 23.7 Å². The summed E-state index contributed by atoms with van der Waals surface area (Å²) in [5.74, 6) is -0.232. The molecule has 17 heavy (non-hydrogen) atoms. The van der Waals surface area contributed by atoms with Crippen LogP contribution in [-0.4, -0.2) is 47.1 Å². The summed E-state index contributed by atoms with van der Waals surface area (Å²) >= 11 is 5.81. The molecule has 0 N–H and O–H groups in total. The first kappa shape index (κ1) is 14.3. The highest BCUT2D eigenvalue weighted by molar-refractivity contribution is 6.27. The molecule has 1 aliphatic rings. The summed E-state index contributed by atoms with van der Waals surface area (Å²) in [5, 5.41) is 0. The van der Waals surface area contributed by atoms with Crippen LogP contribution in [0.15, 0.2) is 0 Å². The third-order valence-electron chi connectivity index (χ3n) is 2.89. The van der Waals surface area contributed by atoms with Gasteiger partial charge in [0.15, 0.2) is 0 Å². The number of halogens is 1. The van der Waals surface area contributed by atoms with Crippen LogP contribution >= 0.6 is 11.8 Å². The van der Waals surface area contributed by atoms with Crippen molar-refractivity contribution in [2.24, 2.45) is 0 Å². The summed E-state index contributed by atoms with van der Waals surface area (Å²) in [4.78, 5) is 24.9. The molecular formula is C11H19ClN2O3. The molecule has 0 atom stereocenters. The van der Waals surface area contributed by atoms with Gasteiger partial charge in [-0.15, -0.1) is 0 Å². The third kappa shape index (κ3) is 2.90. The van der Waals surface area contributed by atoms with Gasteiger partial charge < -0.3 is 4.74 Å². The molecule has 0 aromatic rings. The number of carbonyl (C=O) groups is 2. The summed E-state index contributed by atoms with van der Waals surface area (Å²) in [6, 6.07) is -0.423. The van der Waals surface area contributed by atoms with E-state index < -0.39 is 11.6 Å². The molecule has 1 rings (SSSR count). The average molecular weight is 263 g/mol. The van der Waals surface area contributed by atoms with Crippen molar-refractivity contribution in [2.75, 3.05) is 20.3 Å². The fourth-order valence-electron chi connectivity index (χ4n) is 1.74. The minimum Gasteiger partial charge on any atom is -0.385 e. The van der Waals surface area contributed by atoms with E-state index in [9.17, 15) is 9.59 Å². The number of nitrogens with zero attached hydrogens (tertiary/aromatic N) is 2. The number of hydrogen-bond acceptors (Lipinski definition) is 3. The lowest BCUT2D eigenvalue weighted by Crippen LogP contribution is -2.39. The number of methoxy groups -OCH3 is 1. The first-order chi connectivity index (χ1) is 7.92. The van der Waals surface area contributed by atoms with E-state index >= 15 is 0 Å². The normalized spacial score (nSPS) is 19.3. The Morgan fingerprint density at radius 3 is 2.35 bits per heavy atom. The lowest BCUT2D eigenvalue weighted by atomic mass is 10.1. The van der Waals surface area contributed by atoms with Crippen molar-refractivity contribution in [2.45, 2.75) is 38.6 Å². The molecule has 3 amide bonds. The summed E-state index contributed by atoms with van der Waals surface area (Å²) in [6.45, 7) is 4.42. The minimum atomic E-state index is -0.939. The molecule has 0 bridgehead atoms. The van der Waals surface area contributed by atoms with Gasteiger partial charge in [0, 0.05) is 32.0 Å². The second kappa shape index (κ2) is 5.69. The van der Waals surface area contributed by atoms with E-state index in [4.69, 9.17) is 16.5 Å². The van der Waals surface area contributed by atoms with E-state index in [0.29, 0.717) is 13.2 Å². The quantitative estimate of drug-likeness (QED) is 0.418.